The van der Waals surface area contributed by atoms with Gasteiger partial charge in [-0.05, 0) is 58.4 Å². The Morgan fingerprint density at radius 1 is 1.07 bits per heavy atom. The molecule has 154 valence electrons. The molecule has 2 heterocycles. The van der Waals surface area contributed by atoms with Gasteiger partial charge in [0.2, 0.25) is 0 Å². The van der Waals surface area contributed by atoms with E-state index < -0.39 is 5.97 Å². The third-order valence-corrected chi connectivity index (χ3v) is 5.71. The van der Waals surface area contributed by atoms with E-state index in [1.165, 1.54) is 29.5 Å². The molecular weight excluding hydrogens is 390 g/mol. The quantitative estimate of drug-likeness (QED) is 0.404. The predicted molar refractivity (Wildman–Crippen MR) is 123 cm³/mol. The Morgan fingerprint density at radius 3 is 1.86 bits per heavy atom. The normalized spacial score (nSPS) is 10.3. The largest absolute Gasteiger partial charge is 0.477 e. The van der Waals surface area contributed by atoms with Crippen LogP contribution in [0.4, 0.5) is 5.00 Å². The van der Waals surface area contributed by atoms with Crippen LogP contribution < -0.4 is 0 Å². The van der Waals surface area contributed by atoms with Crippen molar-refractivity contribution < 1.29 is 14.7 Å². The van der Waals surface area contributed by atoms with Gasteiger partial charge in [-0.25, -0.2) is 9.79 Å². The van der Waals surface area contributed by atoms with E-state index in [1.54, 1.807) is 19.9 Å². The van der Waals surface area contributed by atoms with E-state index in [9.17, 15) is 9.59 Å². The van der Waals surface area contributed by atoms with Gasteiger partial charge in [0.05, 0.1) is 5.56 Å². The Bertz CT molecular complexity index is 810. The number of allylic oxidation sites excluding steroid dienone is 1. The summed E-state index contributed by atoms with van der Waals surface area (Å²) in [6.07, 6.45) is 4.19. The third kappa shape index (κ3) is 8.76. The number of hydrogen-bond acceptors (Lipinski definition) is 5. The third-order valence-electron chi connectivity index (χ3n) is 3.62. The van der Waals surface area contributed by atoms with E-state index in [2.05, 4.69) is 51.4 Å². The highest BCUT2D eigenvalue weighted by Gasteiger charge is 2.21. The standard InChI is InChI=1S/C12H13NO3S.C6H8S.C4H10/c1-5-6(2)13-11-9(8(4)14)7(3)10(17-11)12(15)16;1-5-3-4-6(2)7-5;1-3-4-2/h5H,1H2,2-4H3,(H,15,16);3-4H,1-2H3;3-4H2,1-2H3/b13-6+;;. The highest BCUT2D eigenvalue weighted by Crippen LogP contribution is 2.35. The molecule has 0 atom stereocenters. The number of carboxylic acid groups (broad SMARTS) is 1. The second-order valence-electron chi connectivity index (χ2n) is 6.21. The number of carboxylic acids is 1. The van der Waals surface area contributed by atoms with Crippen LogP contribution in [0.25, 0.3) is 0 Å². The number of nitrogens with zero attached hydrogens (tertiary/aromatic N) is 1. The van der Waals surface area contributed by atoms with Crippen molar-refractivity contribution in [3.05, 3.63) is 50.5 Å². The fourth-order valence-electron chi connectivity index (χ4n) is 1.96. The first-order chi connectivity index (χ1) is 13.1. The van der Waals surface area contributed by atoms with Crippen LogP contribution in [0.3, 0.4) is 0 Å². The molecule has 2 rings (SSSR count). The van der Waals surface area contributed by atoms with Crippen LogP contribution in [0.1, 0.15) is 75.9 Å². The number of carbonyl (C=O) groups is 2. The summed E-state index contributed by atoms with van der Waals surface area (Å²) >= 11 is 2.85. The number of aromatic carboxylic acids is 1. The highest BCUT2D eigenvalue weighted by molar-refractivity contribution is 7.18. The molecule has 0 aliphatic rings. The fraction of sp³-hybridized carbons (Fsp3) is 0.409. The van der Waals surface area contributed by atoms with Crippen LogP contribution in [0.5, 0.6) is 0 Å². The molecule has 0 bridgehead atoms. The molecule has 0 radical (unpaired) electrons. The lowest BCUT2D eigenvalue weighted by atomic mass is 10.1. The molecule has 6 heteroatoms. The van der Waals surface area contributed by atoms with Gasteiger partial charge >= 0.3 is 5.97 Å². The number of thiophene rings is 2. The van der Waals surface area contributed by atoms with Crippen molar-refractivity contribution in [3.63, 3.8) is 0 Å². The summed E-state index contributed by atoms with van der Waals surface area (Å²) in [4.78, 5) is 29.7. The van der Waals surface area contributed by atoms with Crippen molar-refractivity contribution in [2.45, 2.75) is 61.3 Å². The average Bonchev–Trinajstić information content (AvgIpc) is 3.17. The van der Waals surface area contributed by atoms with Gasteiger partial charge in [0.1, 0.15) is 9.88 Å². The van der Waals surface area contributed by atoms with Crippen molar-refractivity contribution in [1.29, 1.82) is 0 Å². The molecule has 0 unspecified atom stereocenters. The SMILES string of the molecule is C=C/C(C)=N/c1sc(C(=O)O)c(C)c1C(C)=O.CCCC.Cc1ccc(C)s1. The minimum Gasteiger partial charge on any atom is -0.477 e. The molecule has 1 N–H and O–H groups in total. The summed E-state index contributed by atoms with van der Waals surface area (Å²) in [7, 11) is 0. The minimum absolute atomic E-state index is 0.158. The summed E-state index contributed by atoms with van der Waals surface area (Å²) < 4.78 is 0. The lowest BCUT2D eigenvalue weighted by Crippen LogP contribution is -1.98. The zero-order chi connectivity index (χ0) is 21.9. The van der Waals surface area contributed by atoms with Gasteiger partial charge in [-0.2, -0.15) is 0 Å². The molecule has 0 aliphatic carbocycles. The van der Waals surface area contributed by atoms with Crippen LogP contribution in [0.2, 0.25) is 0 Å². The Kier molecular flexibility index (Phi) is 12.2. The van der Waals surface area contributed by atoms with Crippen molar-refractivity contribution in [2.75, 3.05) is 0 Å². The van der Waals surface area contributed by atoms with Crippen molar-refractivity contribution in [2.24, 2.45) is 4.99 Å². The Hall–Kier alpha value is -2.05. The number of rotatable bonds is 5. The molecule has 0 amide bonds. The van der Waals surface area contributed by atoms with Crippen LogP contribution in [-0.4, -0.2) is 22.6 Å². The van der Waals surface area contributed by atoms with E-state index in [4.69, 9.17) is 5.11 Å². The number of aryl methyl sites for hydroxylation is 2. The topological polar surface area (TPSA) is 66.7 Å². The Labute approximate surface area is 176 Å². The number of unbranched alkanes of at least 4 members (excludes halogenated alkanes) is 1. The maximum atomic E-state index is 11.5. The van der Waals surface area contributed by atoms with Gasteiger partial charge in [-0.15, -0.1) is 22.7 Å². The van der Waals surface area contributed by atoms with Gasteiger partial charge in [-0.3, -0.25) is 4.79 Å². The van der Waals surface area contributed by atoms with Gasteiger partial charge in [-0.1, -0.05) is 33.3 Å². The molecule has 0 aromatic carbocycles. The number of Topliss-reactive ketones (excluding diaryl/α,β-unsaturated/α-hetero) is 1. The average molecular weight is 422 g/mol. The highest BCUT2D eigenvalue weighted by atomic mass is 32.1. The molecular formula is C22H31NO3S2. The summed E-state index contributed by atoms with van der Waals surface area (Å²) in [6.45, 7) is 16.9. The van der Waals surface area contributed by atoms with Crippen LogP contribution >= 0.6 is 22.7 Å². The van der Waals surface area contributed by atoms with Crippen molar-refractivity contribution in [1.82, 2.24) is 0 Å². The zero-order valence-electron chi connectivity index (χ0n) is 17.9. The van der Waals surface area contributed by atoms with Gasteiger partial charge in [0.25, 0.3) is 0 Å². The maximum Gasteiger partial charge on any atom is 0.346 e. The first-order valence-electron chi connectivity index (χ1n) is 9.17. The summed E-state index contributed by atoms with van der Waals surface area (Å²) in [5, 5.41) is 9.44. The van der Waals surface area contributed by atoms with Gasteiger partial charge in [0, 0.05) is 15.5 Å². The molecule has 0 saturated carbocycles. The summed E-state index contributed by atoms with van der Waals surface area (Å²) in [5.74, 6) is -1.21. The molecule has 2 aromatic heterocycles. The number of aliphatic imine (C=N–C) groups is 1. The Balaban J connectivity index is 0.000000541. The van der Waals surface area contributed by atoms with Crippen LogP contribution in [0, 0.1) is 20.8 Å². The zero-order valence-corrected chi connectivity index (χ0v) is 19.5. The van der Waals surface area contributed by atoms with E-state index >= 15 is 0 Å². The predicted octanol–water partition coefficient (Wildman–Crippen LogP) is 7.41. The second kappa shape index (κ2) is 13.2. The second-order valence-corrected chi connectivity index (χ2v) is 8.70. The molecule has 0 aliphatic heterocycles. The van der Waals surface area contributed by atoms with E-state index in [0.29, 0.717) is 21.8 Å². The smallest absolute Gasteiger partial charge is 0.346 e. The molecule has 0 spiro atoms. The number of ketones is 1. The van der Waals surface area contributed by atoms with E-state index in [0.717, 1.165) is 11.3 Å². The summed E-state index contributed by atoms with van der Waals surface area (Å²) in [5.41, 5.74) is 1.50. The minimum atomic E-state index is -1.03. The Morgan fingerprint density at radius 2 is 1.57 bits per heavy atom. The lowest BCUT2D eigenvalue weighted by molar-refractivity contribution is 0.0701. The van der Waals surface area contributed by atoms with E-state index in [1.807, 2.05) is 11.3 Å². The number of carbonyl (C=O) groups excluding carboxylic acids is 1. The van der Waals surface area contributed by atoms with Crippen molar-refractivity contribution in [3.8, 4) is 0 Å². The van der Waals surface area contributed by atoms with Gasteiger partial charge in [0.15, 0.2) is 5.78 Å². The number of hydrogen-bond donors (Lipinski definition) is 1. The monoisotopic (exact) mass is 421 g/mol. The van der Waals surface area contributed by atoms with E-state index in [-0.39, 0.29) is 10.7 Å². The van der Waals surface area contributed by atoms with Crippen LogP contribution in [0.15, 0.2) is 29.8 Å². The van der Waals surface area contributed by atoms with Crippen molar-refractivity contribution >= 4 is 45.1 Å². The molecule has 0 fully saturated rings. The lowest BCUT2D eigenvalue weighted by Gasteiger charge is -1.97. The molecule has 4 nitrogen and oxygen atoms in total. The fourth-order valence-corrected chi connectivity index (χ4v) is 3.86. The maximum absolute atomic E-state index is 11.5. The van der Waals surface area contributed by atoms with Crippen LogP contribution in [-0.2, 0) is 0 Å². The first-order valence-corrected chi connectivity index (χ1v) is 10.8. The first kappa shape index (κ1) is 26.0. The van der Waals surface area contributed by atoms with Gasteiger partial charge < -0.3 is 5.11 Å². The molecule has 0 saturated heterocycles. The summed E-state index contributed by atoms with van der Waals surface area (Å²) in [6, 6.07) is 4.28. The molecule has 2 aromatic rings. The molecule has 28 heavy (non-hydrogen) atoms.